The molecule has 1 heterocycles. The fourth-order valence-corrected chi connectivity index (χ4v) is 1.05. The quantitative estimate of drug-likeness (QED) is 0.405. The van der Waals surface area contributed by atoms with Gasteiger partial charge in [-0.3, -0.25) is 0 Å². The van der Waals surface area contributed by atoms with E-state index in [1.54, 1.807) is 12.1 Å². The number of hydrogen-bond acceptors (Lipinski definition) is 5. The molecule has 0 bridgehead atoms. The Morgan fingerprint density at radius 1 is 1.50 bits per heavy atom. The summed E-state index contributed by atoms with van der Waals surface area (Å²) in [6, 6.07) is 3.52. The van der Waals surface area contributed by atoms with Crippen molar-refractivity contribution < 1.29 is 0 Å². The molecule has 0 aliphatic carbocycles. The summed E-state index contributed by atoms with van der Waals surface area (Å²) in [4.78, 5) is 4.19. The van der Waals surface area contributed by atoms with Gasteiger partial charge in [-0.05, 0) is 6.07 Å². The maximum Gasteiger partial charge on any atom is 0.129 e. The summed E-state index contributed by atoms with van der Waals surface area (Å²) in [5, 5.41) is 2.88. The molecule has 0 spiro atoms. The first-order valence-corrected chi connectivity index (χ1v) is 4.20. The summed E-state index contributed by atoms with van der Waals surface area (Å²) >= 11 is 4.10. The van der Waals surface area contributed by atoms with Crippen LogP contribution in [0.3, 0.4) is 0 Å². The molecular weight excluding hydrogens is 172 g/mol. The molecule has 1 aromatic rings. The molecule has 0 amide bonds. The average Bonchev–Trinajstić information content (AvgIpc) is 2.04. The molecule has 0 aliphatic rings. The van der Waals surface area contributed by atoms with E-state index in [2.05, 4.69) is 22.9 Å². The molecule has 0 aliphatic heterocycles. The zero-order valence-corrected chi connectivity index (χ0v) is 7.51. The first-order valence-electron chi connectivity index (χ1n) is 3.57. The number of nitrogens with one attached hydrogen (secondary N) is 1. The Bertz CT molecular complexity index is 264. The van der Waals surface area contributed by atoms with E-state index in [4.69, 9.17) is 11.5 Å². The molecule has 0 saturated heterocycles. The number of rotatable bonds is 3. The van der Waals surface area contributed by atoms with Crippen molar-refractivity contribution in [3.63, 3.8) is 0 Å². The van der Waals surface area contributed by atoms with E-state index >= 15 is 0 Å². The van der Waals surface area contributed by atoms with Gasteiger partial charge in [0.25, 0.3) is 0 Å². The molecule has 5 heteroatoms. The first-order chi connectivity index (χ1) is 5.76. The van der Waals surface area contributed by atoms with Crippen molar-refractivity contribution in [1.29, 1.82) is 0 Å². The molecule has 66 valence electrons. The second kappa shape index (κ2) is 4.18. The van der Waals surface area contributed by atoms with E-state index < -0.39 is 0 Å². The van der Waals surface area contributed by atoms with Gasteiger partial charge in [0.1, 0.15) is 5.82 Å². The van der Waals surface area contributed by atoms with Crippen LogP contribution >= 0.6 is 12.6 Å². The van der Waals surface area contributed by atoms with Crippen LogP contribution < -0.4 is 16.8 Å². The van der Waals surface area contributed by atoms with Crippen molar-refractivity contribution in [2.45, 2.75) is 5.75 Å². The minimum Gasteiger partial charge on any atom is -0.399 e. The summed E-state index contributed by atoms with van der Waals surface area (Å²) in [5.74, 6) is 1.27. The van der Waals surface area contributed by atoms with E-state index in [0.717, 1.165) is 5.69 Å². The first kappa shape index (κ1) is 9.15. The maximum atomic E-state index is 5.61. The van der Waals surface area contributed by atoms with Crippen molar-refractivity contribution in [2.24, 2.45) is 5.73 Å². The number of thiol groups is 1. The van der Waals surface area contributed by atoms with Crippen molar-refractivity contribution in [2.75, 3.05) is 17.7 Å². The van der Waals surface area contributed by atoms with Gasteiger partial charge in [0, 0.05) is 17.5 Å². The van der Waals surface area contributed by atoms with Crippen molar-refractivity contribution >= 4 is 24.1 Å². The minimum absolute atomic E-state index is 0.350. The van der Waals surface area contributed by atoms with Gasteiger partial charge >= 0.3 is 0 Å². The number of pyridine rings is 1. The van der Waals surface area contributed by atoms with Crippen molar-refractivity contribution in [3.05, 3.63) is 17.8 Å². The summed E-state index contributed by atoms with van der Waals surface area (Å²) in [6.07, 6.45) is 0. The third-order valence-corrected chi connectivity index (χ3v) is 1.67. The van der Waals surface area contributed by atoms with Crippen LogP contribution in [0.2, 0.25) is 0 Å². The highest BCUT2D eigenvalue weighted by molar-refractivity contribution is 7.79. The lowest BCUT2D eigenvalue weighted by Crippen LogP contribution is -2.12. The largest absolute Gasteiger partial charge is 0.399 e. The Kier molecular flexibility index (Phi) is 3.19. The predicted molar refractivity (Wildman–Crippen MR) is 54.0 cm³/mol. The van der Waals surface area contributed by atoms with Gasteiger partial charge in [0.15, 0.2) is 0 Å². The SMILES string of the molecule is NCNc1cc(N)cc(CS)n1. The third kappa shape index (κ3) is 2.28. The van der Waals surface area contributed by atoms with Crippen LogP contribution in [0.4, 0.5) is 11.5 Å². The second-order valence-corrected chi connectivity index (χ2v) is 2.63. The molecule has 1 rings (SSSR count). The highest BCUT2D eigenvalue weighted by Crippen LogP contribution is 2.12. The van der Waals surface area contributed by atoms with Crippen molar-refractivity contribution in [1.82, 2.24) is 4.98 Å². The van der Waals surface area contributed by atoms with Crippen LogP contribution in [0, 0.1) is 0 Å². The fraction of sp³-hybridized carbons (Fsp3) is 0.286. The normalized spacial score (nSPS) is 9.83. The van der Waals surface area contributed by atoms with Crippen molar-refractivity contribution in [3.8, 4) is 0 Å². The van der Waals surface area contributed by atoms with Gasteiger partial charge < -0.3 is 16.8 Å². The number of nitrogen functional groups attached to an aromatic ring is 1. The standard InChI is InChI=1S/C7H12N4S/c8-4-10-7-2-5(9)1-6(3-12)11-7/h1-2,12H,3-4,8H2,(H3,9,10,11). The van der Waals surface area contributed by atoms with Gasteiger partial charge in [-0.2, -0.15) is 12.6 Å². The predicted octanol–water partition coefficient (Wildman–Crippen LogP) is 0.422. The Morgan fingerprint density at radius 3 is 2.83 bits per heavy atom. The zero-order chi connectivity index (χ0) is 8.97. The lowest BCUT2D eigenvalue weighted by Gasteiger charge is -2.05. The number of aromatic nitrogens is 1. The molecule has 0 unspecified atom stereocenters. The van der Waals surface area contributed by atoms with Crippen LogP contribution in [0.1, 0.15) is 5.69 Å². The molecule has 0 fully saturated rings. The van der Waals surface area contributed by atoms with E-state index in [1.807, 2.05) is 0 Å². The third-order valence-electron chi connectivity index (χ3n) is 1.35. The highest BCUT2D eigenvalue weighted by atomic mass is 32.1. The molecule has 0 saturated carbocycles. The molecule has 1 aromatic heterocycles. The molecule has 5 N–H and O–H groups in total. The Balaban J connectivity index is 2.90. The van der Waals surface area contributed by atoms with Crippen LogP contribution in [-0.2, 0) is 5.75 Å². The molecular formula is C7H12N4S. The average molecular weight is 184 g/mol. The van der Waals surface area contributed by atoms with Gasteiger partial charge in [-0.25, -0.2) is 4.98 Å². The van der Waals surface area contributed by atoms with Crippen LogP contribution in [-0.4, -0.2) is 11.7 Å². The molecule has 0 atom stereocenters. The van der Waals surface area contributed by atoms with Gasteiger partial charge in [-0.15, -0.1) is 0 Å². The lowest BCUT2D eigenvalue weighted by atomic mass is 10.3. The number of nitrogens with zero attached hydrogens (tertiary/aromatic N) is 1. The Hall–Kier alpha value is -0.940. The lowest BCUT2D eigenvalue weighted by molar-refractivity contribution is 1.09. The number of hydrogen-bond donors (Lipinski definition) is 4. The summed E-state index contributed by atoms with van der Waals surface area (Å²) < 4.78 is 0. The fourth-order valence-electron chi connectivity index (χ4n) is 0.887. The Morgan fingerprint density at radius 2 is 2.25 bits per heavy atom. The smallest absolute Gasteiger partial charge is 0.129 e. The number of anilines is 2. The molecule has 4 nitrogen and oxygen atoms in total. The topological polar surface area (TPSA) is 77.0 Å². The van der Waals surface area contributed by atoms with E-state index in [0.29, 0.717) is 23.9 Å². The minimum atomic E-state index is 0.350. The molecule has 12 heavy (non-hydrogen) atoms. The van der Waals surface area contributed by atoms with E-state index in [1.165, 1.54) is 0 Å². The van der Waals surface area contributed by atoms with Gasteiger partial charge in [0.2, 0.25) is 0 Å². The van der Waals surface area contributed by atoms with Gasteiger partial charge in [0.05, 0.1) is 12.4 Å². The van der Waals surface area contributed by atoms with Crippen LogP contribution in [0.15, 0.2) is 12.1 Å². The van der Waals surface area contributed by atoms with Gasteiger partial charge in [-0.1, -0.05) is 0 Å². The molecule has 0 aromatic carbocycles. The van der Waals surface area contributed by atoms with Crippen LogP contribution in [0.25, 0.3) is 0 Å². The molecule has 0 radical (unpaired) electrons. The summed E-state index contributed by atoms with van der Waals surface area (Å²) in [6.45, 7) is 0.350. The Labute approximate surface area is 76.8 Å². The van der Waals surface area contributed by atoms with E-state index in [9.17, 15) is 0 Å². The van der Waals surface area contributed by atoms with Crippen LogP contribution in [0.5, 0.6) is 0 Å². The monoisotopic (exact) mass is 184 g/mol. The number of nitrogens with two attached hydrogens (primary N) is 2. The summed E-state index contributed by atoms with van der Waals surface area (Å²) in [7, 11) is 0. The second-order valence-electron chi connectivity index (χ2n) is 2.32. The zero-order valence-electron chi connectivity index (χ0n) is 6.62. The maximum absolute atomic E-state index is 5.61. The summed E-state index contributed by atoms with van der Waals surface area (Å²) in [5.41, 5.74) is 12.4. The van der Waals surface area contributed by atoms with E-state index in [-0.39, 0.29) is 0 Å². The highest BCUT2D eigenvalue weighted by Gasteiger charge is 1.97.